The van der Waals surface area contributed by atoms with E-state index in [1.54, 1.807) is 0 Å². The number of unbranched alkanes of at least 4 members (excludes halogenated alkanes) is 3. The minimum atomic E-state index is 1.09. The Morgan fingerprint density at radius 2 is 1.29 bits per heavy atom. The Kier molecular flexibility index (Phi) is 12.5. The highest BCUT2D eigenvalue weighted by molar-refractivity contribution is 5.75. The average Bonchev–Trinajstić information content (AvgIpc) is 2.48. The number of rotatable bonds is 11. The Morgan fingerprint density at radius 1 is 0.714 bits per heavy atom. The lowest BCUT2D eigenvalue weighted by Crippen LogP contribution is -2.50. The van der Waals surface area contributed by atoms with Crippen molar-refractivity contribution in [2.24, 2.45) is 0 Å². The van der Waals surface area contributed by atoms with E-state index in [0.29, 0.717) is 0 Å². The van der Waals surface area contributed by atoms with Gasteiger partial charge < -0.3 is 0 Å². The first-order valence-electron chi connectivity index (χ1n) is 9.23. The van der Waals surface area contributed by atoms with Crippen LogP contribution < -0.4 is 0 Å². The van der Waals surface area contributed by atoms with Crippen molar-refractivity contribution in [3.63, 3.8) is 0 Å². The largest absolute Gasteiger partial charge is 0.350 e. The van der Waals surface area contributed by atoms with Gasteiger partial charge in [0.1, 0.15) is 0 Å². The first-order valence-corrected chi connectivity index (χ1v) is 9.23. The zero-order valence-corrected chi connectivity index (χ0v) is 15.6. The minimum absolute atomic E-state index is 1.09. The second-order valence-corrected chi connectivity index (χ2v) is 5.94. The summed E-state index contributed by atoms with van der Waals surface area (Å²) < 4.78 is 2.49. The van der Waals surface area contributed by atoms with Crippen LogP contribution in [0.4, 0.5) is 0 Å². The molecule has 0 amide bonds. The highest BCUT2D eigenvalue weighted by Crippen LogP contribution is 2.05. The quantitative estimate of drug-likeness (QED) is 0.246. The van der Waals surface area contributed by atoms with E-state index in [1.165, 1.54) is 64.1 Å². The molecule has 0 radical (unpaired) electrons. The van der Waals surface area contributed by atoms with E-state index in [0.717, 1.165) is 13.1 Å². The molecule has 0 saturated carbocycles. The fraction of sp³-hybridized carbons (Fsp3) is 0.944. The summed E-state index contributed by atoms with van der Waals surface area (Å²) in [6.07, 6.45) is 7.77. The molecule has 0 unspecified atom stereocenters. The fourth-order valence-corrected chi connectivity index (χ4v) is 2.92. The standard InChI is InChI=1S/C18H40N3/c1-7-12-13-14-17-19(6)18(20(10-4)11-5)21(15-8-2)16-9-3/h7-17H2,1-6H3/q+1. The smallest absolute Gasteiger partial charge is 0.267 e. The minimum Gasteiger partial charge on any atom is -0.267 e. The van der Waals surface area contributed by atoms with Gasteiger partial charge in [-0.1, -0.05) is 40.0 Å². The third kappa shape index (κ3) is 7.73. The van der Waals surface area contributed by atoms with Crippen LogP contribution in [0.15, 0.2) is 0 Å². The first-order chi connectivity index (χ1) is 10.2. The van der Waals surface area contributed by atoms with Crippen molar-refractivity contribution in [3.05, 3.63) is 0 Å². The van der Waals surface area contributed by atoms with Crippen LogP contribution in [0.25, 0.3) is 0 Å². The SMILES string of the molecule is CCCCCC[N+](C)=C(N(CC)CC)N(CCC)CCC. The summed E-state index contributed by atoms with van der Waals surface area (Å²) in [7, 11) is 2.28. The van der Waals surface area contributed by atoms with Gasteiger partial charge in [0.15, 0.2) is 0 Å². The van der Waals surface area contributed by atoms with Crippen molar-refractivity contribution >= 4 is 5.96 Å². The summed E-state index contributed by atoms with van der Waals surface area (Å²) in [6, 6.07) is 0. The lowest BCUT2D eigenvalue weighted by atomic mass is 10.2. The van der Waals surface area contributed by atoms with E-state index in [1.807, 2.05) is 0 Å². The predicted octanol–water partition coefficient (Wildman–Crippen LogP) is 4.03. The van der Waals surface area contributed by atoms with E-state index in [-0.39, 0.29) is 0 Å². The summed E-state index contributed by atoms with van der Waals surface area (Å²) in [5.41, 5.74) is 0. The van der Waals surface area contributed by atoms with Crippen molar-refractivity contribution in [3.8, 4) is 0 Å². The molecule has 0 aromatic carbocycles. The van der Waals surface area contributed by atoms with E-state index in [4.69, 9.17) is 0 Å². The summed E-state index contributed by atoms with van der Waals surface area (Å²) in [5, 5.41) is 0. The molecule has 0 saturated heterocycles. The van der Waals surface area contributed by atoms with E-state index in [9.17, 15) is 0 Å². The summed E-state index contributed by atoms with van der Waals surface area (Å²) in [4.78, 5) is 5.11. The van der Waals surface area contributed by atoms with Gasteiger partial charge >= 0.3 is 5.96 Å². The lowest BCUT2D eigenvalue weighted by Gasteiger charge is -2.28. The topological polar surface area (TPSA) is 9.49 Å². The normalized spacial score (nSPS) is 12.3. The number of hydrogen-bond acceptors (Lipinski definition) is 0. The Balaban J connectivity index is 5.05. The number of hydrogen-bond donors (Lipinski definition) is 0. The molecular formula is C18H40N3+. The number of guanidine groups is 1. The van der Waals surface area contributed by atoms with Crippen molar-refractivity contribution in [1.29, 1.82) is 0 Å². The molecule has 0 N–H and O–H groups in total. The van der Waals surface area contributed by atoms with Crippen molar-refractivity contribution < 1.29 is 4.58 Å². The molecule has 0 fully saturated rings. The third-order valence-corrected chi connectivity index (χ3v) is 4.00. The molecule has 126 valence electrons. The van der Waals surface area contributed by atoms with Gasteiger partial charge in [0, 0.05) is 0 Å². The molecule has 0 aromatic heterocycles. The molecule has 0 rings (SSSR count). The second kappa shape index (κ2) is 13.0. The average molecular weight is 299 g/mol. The van der Waals surface area contributed by atoms with E-state index < -0.39 is 0 Å². The second-order valence-electron chi connectivity index (χ2n) is 5.94. The molecule has 0 spiro atoms. The Morgan fingerprint density at radius 3 is 1.71 bits per heavy atom. The summed E-state index contributed by atoms with van der Waals surface area (Å²) in [5.74, 6) is 1.44. The monoisotopic (exact) mass is 298 g/mol. The summed E-state index contributed by atoms with van der Waals surface area (Å²) in [6.45, 7) is 17.1. The van der Waals surface area contributed by atoms with Crippen molar-refractivity contribution in [2.75, 3.05) is 39.8 Å². The van der Waals surface area contributed by atoms with Gasteiger partial charge in [-0.05, 0) is 33.1 Å². The van der Waals surface area contributed by atoms with Gasteiger partial charge in [-0.25, -0.2) is 0 Å². The van der Waals surface area contributed by atoms with Gasteiger partial charge in [-0.2, -0.15) is 0 Å². The molecule has 21 heavy (non-hydrogen) atoms. The highest BCUT2D eigenvalue weighted by atomic mass is 15.4. The van der Waals surface area contributed by atoms with Crippen molar-refractivity contribution in [1.82, 2.24) is 9.80 Å². The van der Waals surface area contributed by atoms with Crippen LogP contribution >= 0.6 is 0 Å². The molecule has 0 heterocycles. The molecule has 3 nitrogen and oxygen atoms in total. The Labute approximate surface area is 134 Å². The first kappa shape index (κ1) is 20.3. The Bertz CT molecular complexity index is 264. The Hall–Kier alpha value is -0.730. The maximum absolute atomic E-state index is 2.59. The molecule has 0 aliphatic heterocycles. The maximum Gasteiger partial charge on any atom is 0.350 e. The highest BCUT2D eigenvalue weighted by Gasteiger charge is 2.25. The van der Waals surface area contributed by atoms with Gasteiger partial charge in [-0.15, -0.1) is 0 Å². The number of nitrogens with zero attached hydrogens (tertiary/aromatic N) is 3. The summed E-state index contributed by atoms with van der Waals surface area (Å²) >= 11 is 0. The van der Waals surface area contributed by atoms with Crippen LogP contribution in [0.5, 0.6) is 0 Å². The van der Waals surface area contributed by atoms with Crippen molar-refractivity contribution in [2.45, 2.75) is 73.1 Å². The predicted molar refractivity (Wildman–Crippen MR) is 95.3 cm³/mol. The molecule has 0 bridgehead atoms. The molecule has 0 atom stereocenters. The van der Waals surface area contributed by atoms with Crippen LogP contribution in [-0.2, 0) is 0 Å². The fourth-order valence-electron chi connectivity index (χ4n) is 2.92. The van der Waals surface area contributed by atoms with Gasteiger partial charge in [0.25, 0.3) is 0 Å². The van der Waals surface area contributed by atoms with E-state index in [2.05, 4.69) is 56.0 Å². The molecule has 0 aromatic rings. The van der Waals surface area contributed by atoms with Crippen LogP contribution in [0.3, 0.4) is 0 Å². The van der Waals surface area contributed by atoms with Crippen LogP contribution in [0, 0.1) is 0 Å². The van der Waals surface area contributed by atoms with Gasteiger partial charge in [0.2, 0.25) is 0 Å². The zero-order valence-electron chi connectivity index (χ0n) is 15.6. The van der Waals surface area contributed by atoms with Crippen LogP contribution in [0.2, 0.25) is 0 Å². The van der Waals surface area contributed by atoms with E-state index >= 15 is 0 Å². The zero-order chi connectivity index (χ0) is 16.1. The van der Waals surface area contributed by atoms with Gasteiger partial charge in [0.05, 0.1) is 39.8 Å². The van der Waals surface area contributed by atoms with Gasteiger partial charge in [-0.3, -0.25) is 14.4 Å². The lowest BCUT2D eigenvalue weighted by molar-refractivity contribution is -0.509. The third-order valence-electron chi connectivity index (χ3n) is 4.00. The molecule has 0 aliphatic carbocycles. The molecular weight excluding hydrogens is 258 g/mol. The molecule has 3 heteroatoms. The maximum atomic E-state index is 2.59. The van der Waals surface area contributed by atoms with Crippen LogP contribution in [0.1, 0.15) is 73.1 Å². The molecule has 0 aliphatic rings. The van der Waals surface area contributed by atoms with Crippen LogP contribution in [-0.4, -0.2) is 60.1 Å².